The van der Waals surface area contributed by atoms with Crippen LogP contribution in [0.3, 0.4) is 0 Å². The molecule has 0 atom stereocenters. The summed E-state index contributed by atoms with van der Waals surface area (Å²) in [5, 5.41) is 4.34. The summed E-state index contributed by atoms with van der Waals surface area (Å²) in [4.78, 5) is 16.0. The number of fused-ring (bicyclic) bond motifs is 1. The van der Waals surface area contributed by atoms with Crippen LogP contribution in [0.25, 0.3) is 22.2 Å². The van der Waals surface area contributed by atoms with Crippen LogP contribution >= 0.6 is 0 Å². The van der Waals surface area contributed by atoms with E-state index >= 15 is 0 Å². The van der Waals surface area contributed by atoms with Gasteiger partial charge in [-0.15, -0.1) is 0 Å². The van der Waals surface area contributed by atoms with Crippen LogP contribution in [0, 0.1) is 0 Å². The molecule has 0 spiro atoms. The Labute approximate surface area is 127 Å². The number of pyridine rings is 1. The molecule has 0 saturated heterocycles. The van der Waals surface area contributed by atoms with Crippen molar-refractivity contribution in [1.82, 2.24) is 19.9 Å². The minimum atomic E-state index is 0.575. The van der Waals surface area contributed by atoms with Crippen LogP contribution in [0.1, 0.15) is 0 Å². The lowest BCUT2D eigenvalue weighted by atomic mass is 10.0. The smallest absolute Gasteiger partial charge is 0.227 e. The molecule has 1 aromatic carbocycles. The lowest BCUT2D eigenvalue weighted by Crippen LogP contribution is -1.97. The number of para-hydroxylation sites is 1. The van der Waals surface area contributed by atoms with Crippen LogP contribution in [-0.4, -0.2) is 19.9 Å². The SMILES string of the molecule is c1cnc(Nc2ccccc2-c2cnc3[nH]ccc3c2)nc1. The predicted octanol–water partition coefficient (Wildman–Crippen LogP) is 3.76. The molecule has 0 aliphatic carbocycles. The number of rotatable bonds is 3. The fourth-order valence-electron chi connectivity index (χ4n) is 2.42. The highest BCUT2D eigenvalue weighted by atomic mass is 15.1. The fourth-order valence-corrected chi connectivity index (χ4v) is 2.42. The third-order valence-electron chi connectivity index (χ3n) is 3.45. The number of benzene rings is 1. The van der Waals surface area contributed by atoms with E-state index in [2.05, 4.69) is 37.4 Å². The van der Waals surface area contributed by atoms with Crippen LogP contribution < -0.4 is 5.32 Å². The number of hydrogen-bond donors (Lipinski definition) is 2. The van der Waals surface area contributed by atoms with Crippen molar-refractivity contribution in [3.8, 4) is 11.1 Å². The predicted molar refractivity (Wildman–Crippen MR) is 86.8 cm³/mol. The molecule has 0 aliphatic heterocycles. The molecular weight excluding hydrogens is 274 g/mol. The Balaban J connectivity index is 1.78. The summed E-state index contributed by atoms with van der Waals surface area (Å²) in [6.45, 7) is 0. The lowest BCUT2D eigenvalue weighted by Gasteiger charge is -2.10. The summed E-state index contributed by atoms with van der Waals surface area (Å²) in [5.74, 6) is 0.575. The van der Waals surface area contributed by atoms with Crippen molar-refractivity contribution in [2.75, 3.05) is 5.32 Å². The van der Waals surface area contributed by atoms with Crippen molar-refractivity contribution >= 4 is 22.7 Å². The average molecular weight is 287 g/mol. The van der Waals surface area contributed by atoms with Gasteiger partial charge in [-0.2, -0.15) is 0 Å². The van der Waals surface area contributed by atoms with Crippen molar-refractivity contribution in [2.45, 2.75) is 0 Å². The Morgan fingerprint density at radius 1 is 0.909 bits per heavy atom. The molecule has 106 valence electrons. The summed E-state index contributed by atoms with van der Waals surface area (Å²) in [6, 6.07) is 14.0. The third kappa shape index (κ3) is 2.29. The highest BCUT2D eigenvalue weighted by Crippen LogP contribution is 2.30. The first kappa shape index (κ1) is 12.5. The molecule has 0 radical (unpaired) electrons. The van der Waals surface area contributed by atoms with Crippen molar-refractivity contribution in [2.24, 2.45) is 0 Å². The normalized spacial score (nSPS) is 10.7. The lowest BCUT2D eigenvalue weighted by molar-refractivity contribution is 1.17. The Morgan fingerprint density at radius 2 is 1.77 bits per heavy atom. The number of aromatic nitrogens is 4. The zero-order valence-electron chi connectivity index (χ0n) is 11.7. The molecule has 2 N–H and O–H groups in total. The number of aromatic amines is 1. The second kappa shape index (κ2) is 5.29. The number of hydrogen-bond acceptors (Lipinski definition) is 4. The quantitative estimate of drug-likeness (QED) is 0.602. The standard InChI is InChI=1S/C17H13N5/c1-2-5-15(22-17-19-7-3-8-20-17)14(4-1)13-10-12-6-9-18-16(12)21-11-13/h1-11H,(H,18,21)(H,19,20,22). The maximum Gasteiger partial charge on any atom is 0.227 e. The molecule has 5 nitrogen and oxygen atoms in total. The van der Waals surface area contributed by atoms with E-state index in [4.69, 9.17) is 0 Å². The third-order valence-corrected chi connectivity index (χ3v) is 3.45. The van der Waals surface area contributed by atoms with Gasteiger partial charge in [-0.05, 0) is 24.3 Å². The number of nitrogens with one attached hydrogen (secondary N) is 2. The number of H-pyrrole nitrogens is 1. The van der Waals surface area contributed by atoms with Crippen LogP contribution in [0.4, 0.5) is 11.6 Å². The summed E-state index contributed by atoms with van der Waals surface area (Å²) < 4.78 is 0. The minimum absolute atomic E-state index is 0.575. The van der Waals surface area contributed by atoms with E-state index in [0.717, 1.165) is 27.8 Å². The van der Waals surface area contributed by atoms with Crippen LogP contribution in [0.5, 0.6) is 0 Å². The van der Waals surface area contributed by atoms with Crippen LogP contribution in [-0.2, 0) is 0 Å². The molecule has 0 bridgehead atoms. The summed E-state index contributed by atoms with van der Waals surface area (Å²) in [6.07, 6.45) is 7.19. The molecule has 4 aromatic rings. The molecule has 3 heterocycles. The fraction of sp³-hybridized carbons (Fsp3) is 0. The van der Waals surface area contributed by atoms with Gasteiger partial charge in [0.05, 0.1) is 0 Å². The Hall–Kier alpha value is -3.21. The molecule has 3 aromatic heterocycles. The number of anilines is 2. The first-order chi connectivity index (χ1) is 10.9. The monoisotopic (exact) mass is 287 g/mol. The van der Waals surface area contributed by atoms with Gasteiger partial charge in [0.15, 0.2) is 0 Å². The van der Waals surface area contributed by atoms with Gasteiger partial charge in [0.2, 0.25) is 5.95 Å². The molecular formula is C17H13N5. The zero-order valence-corrected chi connectivity index (χ0v) is 11.7. The van der Waals surface area contributed by atoms with E-state index in [0.29, 0.717) is 5.95 Å². The van der Waals surface area contributed by atoms with Gasteiger partial charge in [0.25, 0.3) is 0 Å². The van der Waals surface area contributed by atoms with Gasteiger partial charge < -0.3 is 10.3 Å². The maximum absolute atomic E-state index is 4.45. The first-order valence-electron chi connectivity index (χ1n) is 6.97. The van der Waals surface area contributed by atoms with E-state index in [9.17, 15) is 0 Å². The summed E-state index contributed by atoms with van der Waals surface area (Å²) in [5.41, 5.74) is 3.95. The summed E-state index contributed by atoms with van der Waals surface area (Å²) >= 11 is 0. The number of nitrogens with zero attached hydrogens (tertiary/aromatic N) is 3. The highest BCUT2D eigenvalue weighted by molar-refractivity contribution is 5.86. The van der Waals surface area contributed by atoms with Gasteiger partial charge >= 0.3 is 0 Å². The van der Waals surface area contributed by atoms with Crippen molar-refractivity contribution in [1.29, 1.82) is 0 Å². The Kier molecular flexibility index (Phi) is 3.01. The van der Waals surface area contributed by atoms with E-state index < -0.39 is 0 Å². The largest absolute Gasteiger partial charge is 0.346 e. The molecule has 22 heavy (non-hydrogen) atoms. The van der Waals surface area contributed by atoms with Gasteiger partial charge in [0.1, 0.15) is 5.65 Å². The Morgan fingerprint density at radius 3 is 2.68 bits per heavy atom. The van der Waals surface area contributed by atoms with E-state index in [1.807, 2.05) is 36.7 Å². The molecule has 0 amide bonds. The van der Waals surface area contributed by atoms with Gasteiger partial charge in [0, 0.05) is 47.0 Å². The van der Waals surface area contributed by atoms with Gasteiger partial charge in [-0.1, -0.05) is 18.2 Å². The highest BCUT2D eigenvalue weighted by Gasteiger charge is 2.07. The van der Waals surface area contributed by atoms with Crippen molar-refractivity contribution < 1.29 is 0 Å². The summed E-state index contributed by atoms with van der Waals surface area (Å²) in [7, 11) is 0. The second-order valence-corrected chi connectivity index (χ2v) is 4.88. The zero-order chi connectivity index (χ0) is 14.8. The van der Waals surface area contributed by atoms with E-state index in [-0.39, 0.29) is 0 Å². The molecule has 0 aliphatic rings. The molecule has 0 fully saturated rings. The van der Waals surface area contributed by atoms with Crippen molar-refractivity contribution in [3.63, 3.8) is 0 Å². The second-order valence-electron chi connectivity index (χ2n) is 4.88. The van der Waals surface area contributed by atoms with Crippen LogP contribution in [0.2, 0.25) is 0 Å². The van der Waals surface area contributed by atoms with E-state index in [1.165, 1.54) is 0 Å². The topological polar surface area (TPSA) is 66.5 Å². The molecule has 5 heteroatoms. The molecule has 0 unspecified atom stereocenters. The molecule has 4 rings (SSSR count). The van der Waals surface area contributed by atoms with E-state index in [1.54, 1.807) is 18.5 Å². The molecule has 0 saturated carbocycles. The maximum atomic E-state index is 4.45. The first-order valence-corrected chi connectivity index (χ1v) is 6.97. The average Bonchev–Trinajstić information content (AvgIpc) is 3.04. The van der Waals surface area contributed by atoms with Crippen molar-refractivity contribution in [3.05, 3.63) is 67.3 Å². The van der Waals surface area contributed by atoms with Crippen LogP contribution in [0.15, 0.2) is 67.3 Å². The minimum Gasteiger partial charge on any atom is -0.346 e. The van der Waals surface area contributed by atoms with Gasteiger partial charge in [-0.25, -0.2) is 15.0 Å². The Bertz CT molecular complexity index is 914. The van der Waals surface area contributed by atoms with Gasteiger partial charge in [-0.3, -0.25) is 0 Å².